The molecule has 8 nitrogen and oxygen atoms in total. The van der Waals surface area contributed by atoms with Crippen LogP contribution in [0.4, 0.5) is 5.69 Å². The zero-order valence-electron chi connectivity index (χ0n) is 14.3. The summed E-state index contributed by atoms with van der Waals surface area (Å²) >= 11 is 0. The van der Waals surface area contributed by atoms with Crippen molar-refractivity contribution in [1.82, 2.24) is 24.8 Å². The first-order chi connectivity index (χ1) is 12.2. The van der Waals surface area contributed by atoms with Gasteiger partial charge in [0.2, 0.25) is 11.8 Å². The van der Waals surface area contributed by atoms with Crippen molar-refractivity contribution in [1.29, 1.82) is 0 Å². The summed E-state index contributed by atoms with van der Waals surface area (Å²) in [7, 11) is 1.95. The fourth-order valence-corrected chi connectivity index (χ4v) is 3.88. The summed E-state index contributed by atoms with van der Waals surface area (Å²) < 4.78 is 7.44. The van der Waals surface area contributed by atoms with Gasteiger partial charge < -0.3 is 14.7 Å². The van der Waals surface area contributed by atoms with E-state index in [0.29, 0.717) is 24.1 Å². The van der Waals surface area contributed by atoms with E-state index in [0.717, 1.165) is 37.4 Å². The topological polar surface area (TPSA) is 89.1 Å². The molecule has 0 radical (unpaired) electrons. The molecular formula is C17H22N6O2. The number of fused-ring (bicyclic) bond motifs is 1. The van der Waals surface area contributed by atoms with Crippen molar-refractivity contribution >= 4 is 11.6 Å². The lowest BCUT2D eigenvalue weighted by molar-refractivity contribution is -0.127. The number of aromatic nitrogens is 4. The van der Waals surface area contributed by atoms with E-state index in [1.54, 1.807) is 0 Å². The van der Waals surface area contributed by atoms with E-state index in [9.17, 15) is 4.79 Å². The van der Waals surface area contributed by atoms with E-state index in [1.807, 2.05) is 22.8 Å². The molecule has 3 aliphatic rings. The SMILES string of the molecule is Cn1ncc2c1CC(c1nc(C3CC(=O)N(CC4CC4)C3)no1)CN2. The molecule has 2 aromatic heterocycles. The van der Waals surface area contributed by atoms with Gasteiger partial charge in [-0.15, -0.1) is 0 Å². The van der Waals surface area contributed by atoms with Gasteiger partial charge in [0.1, 0.15) is 0 Å². The molecular weight excluding hydrogens is 320 g/mol. The quantitative estimate of drug-likeness (QED) is 0.900. The zero-order valence-corrected chi connectivity index (χ0v) is 14.3. The Bertz CT molecular complexity index is 808. The molecule has 2 fully saturated rings. The number of amides is 1. The smallest absolute Gasteiger partial charge is 0.231 e. The van der Waals surface area contributed by atoms with Crippen molar-refractivity contribution in [2.45, 2.75) is 37.5 Å². The molecule has 0 bridgehead atoms. The highest BCUT2D eigenvalue weighted by atomic mass is 16.5. The third-order valence-corrected chi connectivity index (χ3v) is 5.60. The molecule has 1 N–H and O–H groups in total. The number of nitrogens with zero attached hydrogens (tertiary/aromatic N) is 5. The first kappa shape index (κ1) is 14.9. The molecule has 0 aromatic carbocycles. The van der Waals surface area contributed by atoms with E-state index >= 15 is 0 Å². The van der Waals surface area contributed by atoms with Crippen LogP contribution in [0.3, 0.4) is 0 Å². The maximum atomic E-state index is 12.2. The average molecular weight is 342 g/mol. The van der Waals surface area contributed by atoms with Crippen molar-refractivity contribution in [2.75, 3.05) is 25.0 Å². The van der Waals surface area contributed by atoms with Crippen molar-refractivity contribution in [3.63, 3.8) is 0 Å². The van der Waals surface area contributed by atoms with Crippen LogP contribution in [0, 0.1) is 5.92 Å². The lowest BCUT2D eigenvalue weighted by atomic mass is 9.98. The van der Waals surface area contributed by atoms with Crippen LogP contribution in [0.2, 0.25) is 0 Å². The number of carbonyl (C=O) groups is 1. The molecule has 2 aliphatic heterocycles. The van der Waals surface area contributed by atoms with Crippen LogP contribution < -0.4 is 5.32 Å². The standard InChI is InChI=1S/C17H22N6O2/c1-22-14-4-11(6-18-13(14)7-19-22)17-20-16(21-25-17)12-5-15(24)23(9-12)8-10-2-3-10/h7,10-12,18H,2-6,8-9H2,1H3. The lowest BCUT2D eigenvalue weighted by Gasteiger charge is -2.21. The number of hydrogen-bond acceptors (Lipinski definition) is 6. The molecule has 2 atom stereocenters. The Kier molecular flexibility index (Phi) is 3.33. The summed E-state index contributed by atoms with van der Waals surface area (Å²) in [4.78, 5) is 18.8. The maximum absolute atomic E-state index is 12.2. The van der Waals surface area contributed by atoms with Crippen molar-refractivity contribution in [3.8, 4) is 0 Å². The van der Waals surface area contributed by atoms with Gasteiger partial charge in [0.25, 0.3) is 0 Å². The van der Waals surface area contributed by atoms with Gasteiger partial charge in [-0.1, -0.05) is 5.16 Å². The Hall–Kier alpha value is -2.38. The lowest BCUT2D eigenvalue weighted by Crippen LogP contribution is -2.27. The number of carbonyl (C=O) groups excluding carboxylic acids is 1. The molecule has 4 heterocycles. The normalized spacial score (nSPS) is 26.0. The number of likely N-dealkylation sites (tertiary alicyclic amines) is 1. The summed E-state index contributed by atoms with van der Waals surface area (Å²) in [5.41, 5.74) is 2.23. The second-order valence-corrected chi connectivity index (χ2v) is 7.54. The first-order valence-corrected chi connectivity index (χ1v) is 9.03. The minimum absolute atomic E-state index is 0.0626. The zero-order chi connectivity index (χ0) is 17.0. The molecule has 132 valence electrons. The van der Waals surface area contributed by atoms with E-state index in [2.05, 4.69) is 20.6 Å². The third-order valence-electron chi connectivity index (χ3n) is 5.60. The van der Waals surface area contributed by atoms with E-state index in [4.69, 9.17) is 4.52 Å². The number of aryl methyl sites for hydroxylation is 1. The molecule has 1 saturated carbocycles. The number of anilines is 1. The van der Waals surface area contributed by atoms with Crippen LogP contribution in [-0.2, 0) is 18.3 Å². The molecule has 25 heavy (non-hydrogen) atoms. The molecule has 8 heteroatoms. The fraction of sp³-hybridized carbons (Fsp3) is 0.647. The van der Waals surface area contributed by atoms with Gasteiger partial charge in [0.05, 0.1) is 23.5 Å². The van der Waals surface area contributed by atoms with Crippen molar-refractivity contribution in [3.05, 3.63) is 23.6 Å². The number of rotatable bonds is 4. The number of hydrogen-bond donors (Lipinski definition) is 1. The number of nitrogens with one attached hydrogen (secondary N) is 1. The largest absolute Gasteiger partial charge is 0.381 e. The van der Waals surface area contributed by atoms with Gasteiger partial charge in [-0.2, -0.15) is 10.1 Å². The van der Waals surface area contributed by atoms with Crippen LogP contribution >= 0.6 is 0 Å². The van der Waals surface area contributed by atoms with Gasteiger partial charge in [0.15, 0.2) is 5.82 Å². The third kappa shape index (κ3) is 2.69. The average Bonchev–Trinajstić information content (AvgIpc) is 3.01. The molecule has 5 rings (SSSR count). The van der Waals surface area contributed by atoms with E-state index in [1.165, 1.54) is 12.8 Å². The molecule has 1 saturated heterocycles. The van der Waals surface area contributed by atoms with Gasteiger partial charge in [-0.3, -0.25) is 9.48 Å². The van der Waals surface area contributed by atoms with Crippen LogP contribution in [-0.4, -0.2) is 50.4 Å². The summed E-state index contributed by atoms with van der Waals surface area (Å²) in [6.07, 6.45) is 5.69. The highest BCUT2D eigenvalue weighted by molar-refractivity contribution is 5.79. The Morgan fingerprint density at radius 2 is 2.20 bits per heavy atom. The highest BCUT2D eigenvalue weighted by Gasteiger charge is 2.37. The Labute approximate surface area is 145 Å². The molecule has 1 amide bonds. The highest BCUT2D eigenvalue weighted by Crippen LogP contribution is 2.35. The maximum Gasteiger partial charge on any atom is 0.231 e. The van der Waals surface area contributed by atoms with Gasteiger partial charge in [0, 0.05) is 45.4 Å². The Morgan fingerprint density at radius 1 is 1.32 bits per heavy atom. The summed E-state index contributed by atoms with van der Waals surface area (Å²) in [5, 5.41) is 11.9. The Balaban J connectivity index is 1.29. The van der Waals surface area contributed by atoms with Crippen LogP contribution in [0.1, 0.15) is 48.5 Å². The minimum atomic E-state index is 0.0626. The monoisotopic (exact) mass is 342 g/mol. The first-order valence-electron chi connectivity index (χ1n) is 9.03. The Morgan fingerprint density at radius 3 is 3.04 bits per heavy atom. The predicted molar refractivity (Wildman–Crippen MR) is 89.1 cm³/mol. The van der Waals surface area contributed by atoms with E-state index < -0.39 is 0 Å². The van der Waals surface area contributed by atoms with E-state index in [-0.39, 0.29) is 17.7 Å². The summed E-state index contributed by atoms with van der Waals surface area (Å²) in [5.74, 6) is 2.48. The fourth-order valence-electron chi connectivity index (χ4n) is 3.88. The molecule has 1 aliphatic carbocycles. The van der Waals surface area contributed by atoms with Crippen molar-refractivity contribution in [2.24, 2.45) is 13.0 Å². The second-order valence-electron chi connectivity index (χ2n) is 7.54. The van der Waals surface area contributed by atoms with Crippen LogP contribution in [0.15, 0.2) is 10.7 Å². The van der Waals surface area contributed by atoms with Crippen molar-refractivity contribution < 1.29 is 9.32 Å². The van der Waals surface area contributed by atoms with Crippen LogP contribution in [0.5, 0.6) is 0 Å². The summed E-state index contributed by atoms with van der Waals surface area (Å²) in [6.45, 7) is 2.39. The minimum Gasteiger partial charge on any atom is -0.381 e. The molecule has 2 unspecified atom stereocenters. The molecule has 0 spiro atoms. The summed E-state index contributed by atoms with van der Waals surface area (Å²) in [6, 6.07) is 0. The van der Waals surface area contributed by atoms with Gasteiger partial charge in [-0.05, 0) is 18.8 Å². The van der Waals surface area contributed by atoms with Gasteiger partial charge >= 0.3 is 0 Å². The predicted octanol–water partition coefficient (Wildman–Crippen LogP) is 1.28. The molecule has 2 aromatic rings. The van der Waals surface area contributed by atoms with Gasteiger partial charge in [-0.25, -0.2) is 0 Å². The second kappa shape index (κ2) is 5.57. The van der Waals surface area contributed by atoms with Crippen LogP contribution in [0.25, 0.3) is 0 Å².